The van der Waals surface area contributed by atoms with E-state index in [1.807, 2.05) is 63.2 Å². The molecule has 1 aliphatic carbocycles. The first-order chi connectivity index (χ1) is 16.8. The van der Waals surface area contributed by atoms with Crippen LogP contribution < -0.4 is 14.8 Å². The van der Waals surface area contributed by atoms with E-state index in [0.29, 0.717) is 59.4 Å². The second-order valence-electron chi connectivity index (χ2n) is 9.39. The predicted molar refractivity (Wildman–Crippen MR) is 133 cm³/mol. The fourth-order valence-corrected chi connectivity index (χ4v) is 5.32. The number of carbonyl (C=O) groups excluding carboxylic acids is 2. The molecule has 2 atom stereocenters. The summed E-state index contributed by atoms with van der Waals surface area (Å²) in [6, 6.07) is 13.3. The number of nitrogens with one attached hydrogen (secondary N) is 1. The Kier molecular flexibility index (Phi) is 6.32. The molecule has 5 rings (SSSR count). The molecule has 2 aromatic rings. The minimum Gasteiger partial charge on any atom is -0.486 e. The van der Waals surface area contributed by atoms with Crippen molar-refractivity contribution in [3.05, 3.63) is 81.2 Å². The fraction of sp³-hybridized carbons (Fsp3) is 0.357. The van der Waals surface area contributed by atoms with Gasteiger partial charge in [-0.3, -0.25) is 4.79 Å². The highest BCUT2D eigenvalue weighted by Crippen LogP contribution is 2.50. The van der Waals surface area contributed by atoms with E-state index in [1.54, 1.807) is 0 Å². The number of hydrogen-bond acceptors (Lipinski definition) is 6. The van der Waals surface area contributed by atoms with Crippen LogP contribution in [-0.2, 0) is 14.3 Å². The highest BCUT2D eigenvalue weighted by atomic mass is 35.5. The zero-order chi connectivity index (χ0) is 24.7. The normalized spacial score (nSPS) is 21.6. The van der Waals surface area contributed by atoms with Crippen molar-refractivity contribution in [3.8, 4) is 11.5 Å². The number of ether oxygens (including phenoxy) is 3. The Labute approximate surface area is 209 Å². The Morgan fingerprint density at radius 1 is 1.09 bits per heavy atom. The maximum absolute atomic E-state index is 13.8. The zero-order valence-corrected chi connectivity index (χ0v) is 20.8. The maximum atomic E-state index is 13.8. The quantitative estimate of drug-likeness (QED) is 0.573. The van der Waals surface area contributed by atoms with Gasteiger partial charge in [0.25, 0.3) is 0 Å². The molecular weight excluding hydrogens is 466 g/mol. The number of Topliss-reactive ketones (excluding diaryl/α,β-unsaturated/α-hetero) is 1. The molecule has 0 radical (unpaired) electrons. The highest BCUT2D eigenvalue weighted by molar-refractivity contribution is 6.30. The molecule has 2 heterocycles. The van der Waals surface area contributed by atoms with Crippen LogP contribution in [0.5, 0.6) is 11.5 Å². The summed E-state index contributed by atoms with van der Waals surface area (Å²) in [5.41, 5.74) is 4.34. The summed E-state index contributed by atoms with van der Waals surface area (Å²) >= 11 is 6.08. The van der Waals surface area contributed by atoms with E-state index in [2.05, 4.69) is 5.32 Å². The molecule has 0 saturated carbocycles. The lowest BCUT2D eigenvalue weighted by Gasteiger charge is -2.37. The van der Waals surface area contributed by atoms with Crippen molar-refractivity contribution in [2.75, 3.05) is 13.2 Å². The van der Waals surface area contributed by atoms with Gasteiger partial charge in [-0.2, -0.15) is 0 Å². The largest absolute Gasteiger partial charge is 0.486 e. The molecule has 0 aromatic heterocycles. The SMILES string of the molecule is CC1=C(C(=O)OC(C)C)C(c2cccc3c2OCCO3)C2=C(CC(c3ccc(Cl)cc3)CC2=O)N1. The Hall–Kier alpha value is -3.25. The molecule has 0 saturated heterocycles. The first kappa shape index (κ1) is 23.5. The van der Waals surface area contributed by atoms with Gasteiger partial charge in [0.1, 0.15) is 13.2 Å². The summed E-state index contributed by atoms with van der Waals surface area (Å²) in [5.74, 6) is 0.170. The van der Waals surface area contributed by atoms with Crippen LogP contribution in [0.4, 0.5) is 0 Å². The first-order valence-electron chi connectivity index (χ1n) is 11.9. The second-order valence-corrected chi connectivity index (χ2v) is 9.83. The Bertz CT molecular complexity index is 1240. The van der Waals surface area contributed by atoms with Gasteiger partial charge in [0.05, 0.1) is 17.6 Å². The topological polar surface area (TPSA) is 73.9 Å². The number of para-hydroxylation sites is 1. The summed E-state index contributed by atoms with van der Waals surface area (Å²) < 4.78 is 17.4. The molecule has 182 valence electrons. The molecular formula is C28H28ClNO5. The van der Waals surface area contributed by atoms with Gasteiger partial charge in [0, 0.05) is 34.0 Å². The number of esters is 1. The van der Waals surface area contributed by atoms with E-state index in [1.165, 1.54) is 0 Å². The molecule has 35 heavy (non-hydrogen) atoms. The van der Waals surface area contributed by atoms with Crippen LogP contribution in [-0.4, -0.2) is 31.1 Å². The molecule has 6 nitrogen and oxygen atoms in total. The van der Waals surface area contributed by atoms with Crippen molar-refractivity contribution in [2.24, 2.45) is 0 Å². The van der Waals surface area contributed by atoms with E-state index in [-0.39, 0.29) is 17.8 Å². The summed E-state index contributed by atoms with van der Waals surface area (Å²) in [5, 5.41) is 4.05. The van der Waals surface area contributed by atoms with Gasteiger partial charge >= 0.3 is 5.97 Å². The van der Waals surface area contributed by atoms with Crippen LogP contribution in [0.25, 0.3) is 0 Å². The standard InChI is InChI=1S/C28H28ClNO5/c1-15(2)35-28(32)24-16(3)30-21-13-18(17-7-9-19(29)10-8-17)14-22(31)26(21)25(24)20-5-4-6-23-27(20)34-12-11-33-23/h4-10,15,18,25,30H,11-14H2,1-3H3. The van der Waals surface area contributed by atoms with Gasteiger partial charge in [-0.1, -0.05) is 35.9 Å². The van der Waals surface area contributed by atoms with Crippen LogP contribution in [0.15, 0.2) is 65.0 Å². The molecule has 7 heteroatoms. The third kappa shape index (κ3) is 4.43. The van der Waals surface area contributed by atoms with Crippen LogP contribution in [0, 0.1) is 0 Å². The Balaban J connectivity index is 1.62. The molecule has 1 N–H and O–H groups in total. The van der Waals surface area contributed by atoms with Crippen LogP contribution >= 0.6 is 11.6 Å². The molecule has 0 spiro atoms. The van der Waals surface area contributed by atoms with E-state index >= 15 is 0 Å². The number of hydrogen-bond donors (Lipinski definition) is 1. The Morgan fingerprint density at radius 3 is 2.57 bits per heavy atom. The number of halogens is 1. The summed E-state index contributed by atoms with van der Waals surface area (Å²) in [7, 11) is 0. The second kappa shape index (κ2) is 9.42. The van der Waals surface area contributed by atoms with Crippen LogP contribution in [0.2, 0.25) is 5.02 Å². The molecule has 2 aromatic carbocycles. The van der Waals surface area contributed by atoms with Crippen molar-refractivity contribution < 1.29 is 23.8 Å². The third-order valence-electron chi connectivity index (χ3n) is 6.64. The van der Waals surface area contributed by atoms with E-state index in [4.69, 9.17) is 25.8 Å². The first-order valence-corrected chi connectivity index (χ1v) is 12.3. The van der Waals surface area contributed by atoms with Gasteiger partial charge in [-0.15, -0.1) is 0 Å². The van der Waals surface area contributed by atoms with Gasteiger partial charge in [-0.25, -0.2) is 4.79 Å². The van der Waals surface area contributed by atoms with Crippen molar-refractivity contribution in [2.45, 2.75) is 51.6 Å². The predicted octanol–water partition coefficient (Wildman–Crippen LogP) is 5.42. The smallest absolute Gasteiger partial charge is 0.337 e. The number of allylic oxidation sites excluding steroid dienone is 3. The molecule has 0 fully saturated rings. The number of ketones is 1. The highest BCUT2D eigenvalue weighted by Gasteiger charge is 2.43. The molecule has 2 unspecified atom stereocenters. The lowest BCUT2D eigenvalue weighted by molar-refractivity contribution is -0.143. The monoisotopic (exact) mass is 493 g/mol. The maximum Gasteiger partial charge on any atom is 0.337 e. The fourth-order valence-electron chi connectivity index (χ4n) is 5.19. The number of carbonyl (C=O) groups is 2. The summed E-state index contributed by atoms with van der Waals surface area (Å²) in [6.45, 7) is 6.34. The van der Waals surface area contributed by atoms with Crippen molar-refractivity contribution in [1.29, 1.82) is 0 Å². The molecule has 3 aliphatic rings. The number of fused-ring (bicyclic) bond motifs is 1. The summed E-state index contributed by atoms with van der Waals surface area (Å²) in [6.07, 6.45) is 0.700. The van der Waals surface area contributed by atoms with Crippen LogP contribution in [0.3, 0.4) is 0 Å². The number of benzene rings is 2. The van der Waals surface area contributed by atoms with Gasteiger partial charge in [0.15, 0.2) is 17.3 Å². The molecule has 0 bridgehead atoms. The third-order valence-corrected chi connectivity index (χ3v) is 6.89. The number of dihydropyridines is 1. The minimum atomic E-state index is -0.604. The van der Waals surface area contributed by atoms with Crippen molar-refractivity contribution >= 4 is 23.4 Å². The van der Waals surface area contributed by atoms with Crippen molar-refractivity contribution in [1.82, 2.24) is 5.32 Å². The Morgan fingerprint density at radius 2 is 1.83 bits per heavy atom. The zero-order valence-electron chi connectivity index (χ0n) is 20.0. The average molecular weight is 494 g/mol. The molecule has 2 aliphatic heterocycles. The van der Waals surface area contributed by atoms with Crippen LogP contribution in [0.1, 0.15) is 56.6 Å². The summed E-state index contributed by atoms with van der Waals surface area (Å²) in [4.78, 5) is 27.1. The van der Waals surface area contributed by atoms with E-state index < -0.39 is 11.9 Å². The lowest BCUT2D eigenvalue weighted by Crippen LogP contribution is -2.36. The van der Waals surface area contributed by atoms with Gasteiger partial charge in [-0.05, 0) is 56.9 Å². The number of rotatable bonds is 4. The van der Waals surface area contributed by atoms with Gasteiger partial charge < -0.3 is 19.5 Å². The van der Waals surface area contributed by atoms with Gasteiger partial charge in [0.2, 0.25) is 0 Å². The lowest BCUT2D eigenvalue weighted by atomic mass is 9.71. The van der Waals surface area contributed by atoms with E-state index in [0.717, 1.165) is 16.8 Å². The van der Waals surface area contributed by atoms with Crippen molar-refractivity contribution in [3.63, 3.8) is 0 Å². The van der Waals surface area contributed by atoms with E-state index in [9.17, 15) is 9.59 Å². The minimum absolute atomic E-state index is 0.000350. The average Bonchev–Trinajstić information content (AvgIpc) is 2.82. The molecule has 0 amide bonds.